The van der Waals surface area contributed by atoms with Gasteiger partial charge in [-0.25, -0.2) is 0 Å². The van der Waals surface area contributed by atoms with E-state index in [0.29, 0.717) is 0 Å². The van der Waals surface area contributed by atoms with Gasteiger partial charge in [0.15, 0.2) is 0 Å². The molecule has 1 aromatic heterocycles. The van der Waals surface area contributed by atoms with E-state index < -0.39 is 0 Å². The predicted octanol–water partition coefficient (Wildman–Crippen LogP) is 5.08. The minimum Gasteiger partial charge on any atom is -0.381 e. The van der Waals surface area contributed by atoms with Gasteiger partial charge in [-0.15, -0.1) is 11.3 Å². The Morgan fingerprint density at radius 3 is 2.55 bits per heavy atom. The van der Waals surface area contributed by atoms with Crippen molar-refractivity contribution in [1.82, 2.24) is 5.32 Å². The summed E-state index contributed by atoms with van der Waals surface area (Å²) in [6.07, 6.45) is 8.37. The lowest BCUT2D eigenvalue weighted by Gasteiger charge is -2.16. The van der Waals surface area contributed by atoms with Crippen molar-refractivity contribution in [1.29, 1.82) is 0 Å². The number of fused-ring (bicyclic) bond motifs is 3. The van der Waals surface area contributed by atoms with Gasteiger partial charge in [0.05, 0.1) is 6.04 Å². The zero-order valence-corrected chi connectivity index (χ0v) is 12.1. The third-order valence-electron chi connectivity index (χ3n) is 3.87. The molecule has 2 aromatic carbocycles. The number of hydrogen-bond acceptors (Lipinski definition) is 2. The van der Waals surface area contributed by atoms with Gasteiger partial charge in [0, 0.05) is 20.2 Å². The average Bonchev–Trinajstić information content (AvgIpc) is 2.88. The molecule has 4 rings (SSSR count). The molecule has 1 nitrogen and oxygen atoms in total. The van der Waals surface area contributed by atoms with E-state index in [0.717, 1.165) is 0 Å². The van der Waals surface area contributed by atoms with Crippen LogP contribution >= 0.6 is 11.3 Å². The molecule has 0 spiro atoms. The van der Waals surface area contributed by atoms with Crippen molar-refractivity contribution in [2.45, 2.75) is 13.0 Å². The molecule has 2 heterocycles. The Kier molecular flexibility index (Phi) is 2.64. The van der Waals surface area contributed by atoms with Crippen molar-refractivity contribution in [3.63, 3.8) is 0 Å². The lowest BCUT2D eigenvalue weighted by Crippen LogP contribution is -2.14. The van der Waals surface area contributed by atoms with E-state index in [1.165, 1.54) is 31.3 Å². The van der Waals surface area contributed by atoms with E-state index in [4.69, 9.17) is 0 Å². The third-order valence-corrected chi connectivity index (χ3v) is 5.28. The van der Waals surface area contributed by atoms with Crippen LogP contribution in [0.5, 0.6) is 0 Å². The zero-order chi connectivity index (χ0) is 13.5. The first kappa shape index (κ1) is 11.7. The fraction of sp³-hybridized carbons (Fsp3) is 0.111. The van der Waals surface area contributed by atoms with Crippen molar-refractivity contribution in [2.75, 3.05) is 0 Å². The monoisotopic (exact) mass is 277 g/mol. The van der Waals surface area contributed by atoms with Gasteiger partial charge >= 0.3 is 0 Å². The fourth-order valence-corrected chi connectivity index (χ4v) is 4.19. The van der Waals surface area contributed by atoms with Gasteiger partial charge in [0.2, 0.25) is 0 Å². The van der Waals surface area contributed by atoms with Crippen LogP contribution in [0.25, 0.3) is 20.2 Å². The third kappa shape index (κ3) is 1.69. The maximum atomic E-state index is 3.43. The second-order valence-corrected chi connectivity index (χ2v) is 6.19. The summed E-state index contributed by atoms with van der Waals surface area (Å²) in [5.74, 6) is 0. The number of dihydropyridines is 1. The predicted molar refractivity (Wildman–Crippen MR) is 88.2 cm³/mol. The molecule has 0 saturated carbocycles. The number of rotatable bonds is 1. The Bertz CT molecular complexity index is 854. The quantitative estimate of drug-likeness (QED) is 0.654. The van der Waals surface area contributed by atoms with Gasteiger partial charge in [0.25, 0.3) is 0 Å². The van der Waals surface area contributed by atoms with Crippen LogP contribution in [0.4, 0.5) is 0 Å². The second kappa shape index (κ2) is 4.50. The molecule has 0 aliphatic carbocycles. The van der Waals surface area contributed by atoms with E-state index >= 15 is 0 Å². The summed E-state index contributed by atoms with van der Waals surface area (Å²) < 4.78 is 2.81. The number of aryl methyl sites for hydroxylation is 1. The van der Waals surface area contributed by atoms with Gasteiger partial charge in [-0.3, -0.25) is 0 Å². The topological polar surface area (TPSA) is 12.0 Å². The highest BCUT2D eigenvalue weighted by atomic mass is 32.1. The lowest BCUT2D eigenvalue weighted by atomic mass is 10.0. The molecule has 0 saturated heterocycles. The molecular weight excluding hydrogens is 262 g/mol. The van der Waals surface area contributed by atoms with Crippen LogP contribution in [-0.2, 0) is 0 Å². The normalized spacial score (nSPS) is 17.8. The van der Waals surface area contributed by atoms with Crippen LogP contribution in [-0.4, -0.2) is 0 Å². The molecule has 1 atom stereocenters. The van der Waals surface area contributed by atoms with Crippen LogP contribution in [0.1, 0.15) is 17.2 Å². The smallest absolute Gasteiger partial charge is 0.0709 e. The van der Waals surface area contributed by atoms with Gasteiger partial charge in [-0.1, -0.05) is 48.6 Å². The minimum absolute atomic E-state index is 0.275. The van der Waals surface area contributed by atoms with Crippen molar-refractivity contribution < 1.29 is 0 Å². The maximum absolute atomic E-state index is 3.43. The number of allylic oxidation sites excluding steroid dienone is 2. The Morgan fingerprint density at radius 2 is 1.75 bits per heavy atom. The average molecular weight is 277 g/mol. The van der Waals surface area contributed by atoms with E-state index in [9.17, 15) is 0 Å². The molecule has 1 N–H and O–H groups in total. The molecule has 1 aliphatic heterocycles. The standard InChI is InChI=1S/C18H15NS/c1-12-6-4-7-13-14-8-5-9-15(18(14)20-17(12)13)16-10-2-3-11-19-16/h2-11,16,19H,1H3. The van der Waals surface area contributed by atoms with E-state index in [1.54, 1.807) is 0 Å². The lowest BCUT2D eigenvalue weighted by molar-refractivity contribution is 0.753. The highest BCUT2D eigenvalue weighted by molar-refractivity contribution is 7.26. The van der Waals surface area contributed by atoms with Crippen LogP contribution < -0.4 is 5.32 Å². The highest BCUT2D eigenvalue weighted by Gasteiger charge is 2.15. The number of thiophene rings is 1. The summed E-state index contributed by atoms with van der Waals surface area (Å²) in [6, 6.07) is 13.5. The Balaban J connectivity index is 2.03. The van der Waals surface area contributed by atoms with Gasteiger partial charge in [-0.05, 0) is 30.3 Å². The number of benzene rings is 2. The molecule has 0 amide bonds. The first-order chi connectivity index (χ1) is 9.84. The molecule has 98 valence electrons. The second-order valence-electron chi connectivity index (χ2n) is 5.17. The van der Waals surface area contributed by atoms with E-state index in [2.05, 4.69) is 60.8 Å². The summed E-state index contributed by atoms with van der Waals surface area (Å²) in [5.41, 5.74) is 2.73. The summed E-state index contributed by atoms with van der Waals surface area (Å²) in [6.45, 7) is 2.19. The van der Waals surface area contributed by atoms with Crippen LogP contribution in [0.3, 0.4) is 0 Å². The zero-order valence-electron chi connectivity index (χ0n) is 11.3. The largest absolute Gasteiger partial charge is 0.381 e. The molecule has 3 aromatic rings. The van der Waals surface area contributed by atoms with Gasteiger partial charge in [0.1, 0.15) is 0 Å². The van der Waals surface area contributed by atoms with E-state index in [1.807, 2.05) is 23.6 Å². The molecule has 0 bridgehead atoms. The van der Waals surface area contributed by atoms with Crippen LogP contribution in [0, 0.1) is 6.92 Å². The van der Waals surface area contributed by atoms with Crippen LogP contribution in [0.2, 0.25) is 0 Å². The Labute approximate surface area is 122 Å². The number of nitrogens with one attached hydrogen (secondary N) is 1. The summed E-state index contributed by atoms with van der Waals surface area (Å²) in [7, 11) is 0. The number of hydrogen-bond donors (Lipinski definition) is 1. The van der Waals surface area contributed by atoms with Crippen molar-refractivity contribution in [2.24, 2.45) is 0 Å². The molecule has 0 radical (unpaired) electrons. The maximum Gasteiger partial charge on any atom is 0.0709 e. The van der Waals surface area contributed by atoms with Crippen LogP contribution in [0.15, 0.2) is 60.8 Å². The molecule has 20 heavy (non-hydrogen) atoms. The van der Waals surface area contributed by atoms with E-state index in [-0.39, 0.29) is 6.04 Å². The van der Waals surface area contributed by atoms with Gasteiger partial charge in [-0.2, -0.15) is 0 Å². The Hall–Kier alpha value is -2.06. The van der Waals surface area contributed by atoms with Crippen molar-refractivity contribution >= 4 is 31.5 Å². The highest BCUT2D eigenvalue weighted by Crippen LogP contribution is 2.39. The summed E-state index contributed by atoms with van der Waals surface area (Å²) >= 11 is 1.91. The fourth-order valence-electron chi connectivity index (χ4n) is 2.87. The molecule has 0 fully saturated rings. The molecular formula is C18H15NS. The van der Waals surface area contributed by atoms with Gasteiger partial charge < -0.3 is 5.32 Å². The molecule has 2 heteroatoms. The molecule has 1 aliphatic rings. The first-order valence-corrected chi connectivity index (χ1v) is 7.66. The minimum atomic E-state index is 0.275. The SMILES string of the molecule is Cc1cccc2c1sc1c(C3C=CC=CN3)cccc12. The Morgan fingerprint density at radius 1 is 0.950 bits per heavy atom. The summed E-state index contributed by atoms with van der Waals surface area (Å²) in [4.78, 5) is 0. The van der Waals surface area contributed by atoms with Crippen molar-refractivity contribution in [3.8, 4) is 0 Å². The van der Waals surface area contributed by atoms with Crippen molar-refractivity contribution in [3.05, 3.63) is 72.0 Å². The first-order valence-electron chi connectivity index (χ1n) is 6.85. The molecule has 1 unspecified atom stereocenters. The summed E-state index contributed by atoms with van der Waals surface area (Å²) in [5, 5.41) is 6.17.